The van der Waals surface area contributed by atoms with Gasteiger partial charge in [-0.2, -0.15) is 0 Å². The largest absolute Gasteiger partial charge is 0.493 e. The van der Waals surface area contributed by atoms with E-state index in [1.54, 1.807) is 19.2 Å². The van der Waals surface area contributed by atoms with E-state index in [1.165, 1.54) is 25.7 Å². The number of nitrogens with one attached hydrogen (secondary N) is 1. The zero-order chi connectivity index (χ0) is 19.6. The molecule has 0 saturated carbocycles. The molecule has 0 heterocycles. The third-order valence-electron chi connectivity index (χ3n) is 4.25. The lowest BCUT2D eigenvalue weighted by molar-refractivity contribution is 0.282. The monoisotopic (exact) mass is 473 g/mol. The van der Waals surface area contributed by atoms with Crippen LogP contribution in [0, 0.1) is 0 Å². The van der Waals surface area contributed by atoms with E-state index in [0.717, 1.165) is 28.7 Å². The number of hydrogen-bond acceptors (Lipinski definition) is 3. The predicted molar refractivity (Wildman–Crippen MR) is 117 cm³/mol. The van der Waals surface area contributed by atoms with Crippen LogP contribution in [-0.2, 0) is 13.2 Å². The maximum absolute atomic E-state index is 6.22. The van der Waals surface area contributed by atoms with Crippen LogP contribution in [0.2, 0.25) is 10.0 Å². The number of rotatable bonds is 11. The molecule has 2 aromatic carbocycles. The average molecular weight is 475 g/mol. The smallest absolute Gasteiger partial charge is 0.175 e. The van der Waals surface area contributed by atoms with Crippen molar-refractivity contribution in [3.05, 3.63) is 56.0 Å². The molecule has 2 rings (SSSR count). The van der Waals surface area contributed by atoms with Gasteiger partial charge in [-0.25, -0.2) is 0 Å². The SMILES string of the molecule is CCCCCCNCc1cc(Br)c(OCc2c(Cl)cccc2Cl)c(OC)c1. The van der Waals surface area contributed by atoms with E-state index in [4.69, 9.17) is 32.7 Å². The molecule has 0 atom stereocenters. The van der Waals surface area contributed by atoms with Crippen LogP contribution in [0.25, 0.3) is 0 Å². The van der Waals surface area contributed by atoms with Crippen LogP contribution in [0.4, 0.5) is 0 Å². The Kier molecular flexibility index (Phi) is 9.77. The second kappa shape index (κ2) is 11.8. The molecule has 0 aromatic heterocycles. The lowest BCUT2D eigenvalue weighted by Gasteiger charge is -2.16. The number of methoxy groups -OCH3 is 1. The van der Waals surface area contributed by atoms with Gasteiger partial charge in [-0.15, -0.1) is 0 Å². The quantitative estimate of drug-likeness (QED) is 0.355. The molecule has 0 aliphatic rings. The maximum atomic E-state index is 6.22. The van der Waals surface area contributed by atoms with Crippen molar-refractivity contribution in [2.45, 2.75) is 45.8 Å². The van der Waals surface area contributed by atoms with Crippen LogP contribution in [-0.4, -0.2) is 13.7 Å². The van der Waals surface area contributed by atoms with E-state index >= 15 is 0 Å². The van der Waals surface area contributed by atoms with Crippen molar-refractivity contribution in [1.29, 1.82) is 0 Å². The fraction of sp³-hybridized carbons (Fsp3) is 0.429. The molecule has 27 heavy (non-hydrogen) atoms. The molecule has 0 amide bonds. The molecule has 2 aromatic rings. The van der Waals surface area contributed by atoms with Gasteiger partial charge in [0.2, 0.25) is 0 Å². The van der Waals surface area contributed by atoms with Crippen LogP contribution < -0.4 is 14.8 Å². The minimum absolute atomic E-state index is 0.266. The van der Waals surface area contributed by atoms with Crippen molar-refractivity contribution >= 4 is 39.1 Å². The van der Waals surface area contributed by atoms with E-state index < -0.39 is 0 Å². The summed E-state index contributed by atoms with van der Waals surface area (Å²) in [6, 6.07) is 9.45. The average Bonchev–Trinajstić information content (AvgIpc) is 2.65. The highest BCUT2D eigenvalue weighted by atomic mass is 79.9. The summed E-state index contributed by atoms with van der Waals surface area (Å²) >= 11 is 16.0. The molecular formula is C21H26BrCl2NO2. The van der Waals surface area contributed by atoms with E-state index in [0.29, 0.717) is 21.5 Å². The summed E-state index contributed by atoms with van der Waals surface area (Å²) in [6.45, 7) is 4.30. The summed E-state index contributed by atoms with van der Waals surface area (Å²) in [5, 5.41) is 4.65. The fourth-order valence-electron chi connectivity index (χ4n) is 2.74. The summed E-state index contributed by atoms with van der Waals surface area (Å²) in [4.78, 5) is 0. The van der Waals surface area contributed by atoms with E-state index in [9.17, 15) is 0 Å². The summed E-state index contributed by atoms with van der Waals surface area (Å²) in [5.74, 6) is 1.32. The van der Waals surface area contributed by atoms with Gasteiger partial charge in [0.25, 0.3) is 0 Å². The first-order chi connectivity index (χ1) is 13.1. The molecule has 3 nitrogen and oxygen atoms in total. The topological polar surface area (TPSA) is 30.5 Å². The normalized spacial score (nSPS) is 10.9. The number of ether oxygens (including phenoxy) is 2. The van der Waals surface area contributed by atoms with Gasteiger partial charge in [0.15, 0.2) is 11.5 Å². The van der Waals surface area contributed by atoms with Crippen LogP contribution in [0.5, 0.6) is 11.5 Å². The lowest BCUT2D eigenvalue weighted by atomic mass is 10.2. The Balaban J connectivity index is 2.01. The standard InChI is InChI=1S/C21H26BrCl2NO2/c1-3-4-5-6-10-25-13-15-11-17(22)21(20(12-15)26-2)27-14-16-18(23)8-7-9-19(16)24/h7-9,11-12,25H,3-6,10,13-14H2,1-2H3. The van der Waals surface area contributed by atoms with Crippen LogP contribution in [0.1, 0.15) is 43.7 Å². The first kappa shape index (κ1) is 22.4. The van der Waals surface area contributed by atoms with Crippen LogP contribution in [0.3, 0.4) is 0 Å². The predicted octanol–water partition coefficient (Wildman–Crippen LogP) is 7.01. The van der Waals surface area contributed by atoms with E-state index in [-0.39, 0.29) is 6.61 Å². The number of benzene rings is 2. The molecule has 0 aliphatic heterocycles. The van der Waals surface area contributed by atoms with E-state index in [2.05, 4.69) is 28.2 Å². The van der Waals surface area contributed by atoms with Crippen LogP contribution in [0.15, 0.2) is 34.8 Å². The number of hydrogen-bond donors (Lipinski definition) is 1. The third kappa shape index (κ3) is 6.86. The molecule has 0 aliphatic carbocycles. The van der Waals surface area contributed by atoms with Gasteiger partial charge < -0.3 is 14.8 Å². The summed E-state index contributed by atoms with van der Waals surface area (Å²) in [7, 11) is 1.64. The molecular weight excluding hydrogens is 449 g/mol. The van der Waals surface area contributed by atoms with Gasteiger partial charge in [0, 0.05) is 22.2 Å². The summed E-state index contributed by atoms with van der Waals surface area (Å²) < 4.78 is 12.3. The zero-order valence-corrected chi connectivity index (χ0v) is 18.9. The van der Waals surface area contributed by atoms with Gasteiger partial charge in [-0.3, -0.25) is 0 Å². The molecule has 0 fully saturated rings. The minimum Gasteiger partial charge on any atom is -0.493 e. The second-order valence-corrected chi connectivity index (χ2v) is 8.00. The van der Waals surface area contributed by atoms with Gasteiger partial charge in [-0.05, 0) is 58.7 Å². The molecule has 6 heteroatoms. The Morgan fingerprint density at radius 1 is 1.07 bits per heavy atom. The van der Waals surface area contributed by atoms with Crippen molar-refractivity contribution in [3.63, 3.8) is 0 Å². The van der Waals surface area contributed by atoms with Crippen molar-refractivity contribution in [1.82, 2.24) is 5.32 Å². The summed E-state index contributed by atoms with van der Waals surface area (Å²) in [6.07, 6.45) is 5.02. The van der Waals surface area contributed by atoms with Gasteiger partial charge >= 0.3 is 0 Å². The molecule has 0 unspecified atom stereocenters. The van der Waals surface area contributed by atoms with Gasteiger partial charge in [-0.1, -0.05) is 55.5 Å². The molecule has 0 spiro atoms. The molecule has 148 valence electrons. The van der Waals surface area contributed by atoms with Crippen LogP contribution >= 0.6 is 39.1 Å². The molecule has 0 saturated heterocycles. The number of halogens is 3. The minimum atomic E-state index is 0.266. The van der Waals surface area contributed by atoms with Crippen molar-refractivity contribution in [2.24, 2.45) is 0 Å². The summed E-state index contributed by atoms with van der Waals surface area (Å²) in [5.41, 5.74) is 1.89. The Hall–Kier alpha value is -0.940. The van der Waals surface area contributed by atoms with Gasteiger partial charge in [0.05, 0.1) is 11.6 Å². The fourth-order valence-corrected chi connectivity index (χ4v) is 3.85. The second-order valence-electron chi connectivity index (χ2n) is 6.34. The van der Waals surface area contributed by atoms with Gasteiger partial charge in [0.1, 0.15) is 6.61 Å². The van der Waals surface area contributed by atoms with Crippen molar-refractivity contribution in [3.8, 4) is 11.5 Å². The number of unbranched alkanes of at least 4 members (excludes halogenated alkanes) is 3. The third-order valence-corrected chi connectivity index (χ3v) is 5.55. The van der Waals surface area contributed by atoms with Crippen molar-refractivity contribution < 1.29 is 9.47 Å². The molecule has 0 bridgehead atoms. The zero-order valence-electron chi connectivity index (χ0n) is 15.8. The van der Waals surface area contributed by atoms with E-state index in [1.807, 2.05) is 18.2 Å². The highest BCUT2D eigenvalue weighted by Gasteiger charge is 2.14. The maximum Gasteiger partial charge on any atom is 0.175 e. The molecule has 1 N–H and O–H groups in total. The Morgan fingerprint density at radius 3 is 2.48 bits per heavy atom. The van der Waals surface area contributed by atoms with Crippen molar-refractivity contribution in [2.75, 3.05) is 13.7 Å². The Labute approximate surface area is 180 Å². The Bertz CT molecular complexity index is 720. The first-order valence-electron chi connectivity index (χ1n) is 9.19. The first-order valence-corrected chi connectivity index (χ1v) is 10.7. The highest BCUT2D eigenvalue weighted by Crippen LogP contribution is 2.38. The highest BCUT2D eigenvalue weighted by molar-refractivity contribution is 9.10. The molecule has 0 radical (unpaired) electrons. The lowest BCUT2D eigenvalue weighted by Crippen LogP contribution is -2.14. The Morgan fingerprint density at radius 2 is 1.81 bits per heavy atom.